The van der Waals surface area contributed by atoms with E-state index in [9.17, 15) is 13.2 Å². The molecule has 0 saturated carbocycles. The van der Waals surface area contributed by atoms with Gasteiger partial charge in [-0.05, 0) is 80.6 Å². The second-order valence-corrected chi connectivity index (χ2v) is 11.7. The molecule has 2 aliphatic heterocycles. The topological polar surface area (TPSA) is 78.9 Å². The number of carbonyl (C=O) groups is 1. The van der Waals surface area contributed by atoms with E-state index in [0.717, 1.165) is 50.1 Å². The largest absolute Gasteiger partial charge is 0.497 e. The van der Waals surface area contributed by atoms with Gasteiger partial charge in [-0.3, -0.25) is 9.69 Å². The number of carbonyl (C=O) groups excluding carboxylic acids is 1. The van der Waals surface area contributed by atoms with Gasteiger partial charge >= 0.3 is 0 Å². The lowest BCUT2D eigenvalue weighted by atomic mass is 10.0. The predicted octanol–water partition coefficient (Wildman–Crippen LogP) is 4.07. The van der Waals surface area contributed by atoms with E-state index in [1.54, 1.807) is 29.6 Å². The molecule has 2 saturated heterocycles. The summed E-state index contributed by atoms with van der Waals surface area (Å²) < 4.78 is 33.2. The molecule has 0 unspecified atom stereocenters. The van der Waals surface area contributed by atoms with Gasteiger partial charge in [0, 0.05) is 25.2 Å². The highest BCUT2D eigenvalue weighted by Crippen LogP contribution is 2.27. The number of amides is 1. The van der Waals surface area contributed by atoms with E-state index in [1.165, 1.54) is 12.5 Å². The maximum Gasteiger partial charge on any atom is 0.251 e. The van der Waals surface area contributed by atoms with Gasteiger partial charge < -0.3 is 10.1 Å². The second-order valence-electron chi connectivity index (χ2n) is 9.73. The first-order chi connectivity index (χ1) is 16.9. The highest BCUT2D eigenvalue weighted by atomic mass is 32.2. The number of sulfonamides is 1. The molecular weight excluding hydrogens is 462 g/mol. The lowest BCUT2D eigenvalue weighted by Gasteiger charge is -2.35. The van der Waals surface area contributed by atoms with Gasteiger partial charge in [0.2, 0.25) is 10.0 Å². The van der Waals surface area contributed by atoms with Crippen molar-refractivity contribution in [2.24, 2.45) is 5.92 Å². The second kappa shape index (κ2) is 11.5. The highest BCUT2D eigenvalue weighted by molar-refractivity contribution is 7.89. The number of ether oxygens (including phenoxy) is 1. The Hall–Kier alpha value is -2.42. The number of nitrogens with one attached hydrogen (secondary N) is 1. The summed E-state index contributed by atoms with van der Waals surface area (Å²) in [5.41, 5.74) is 1.49. The maximum atomic E-state index is 13.2. The summed E-state index contributed by atoms with van der Waals surface area (Å²) in [6.45, 7) is 5.57. The number of piperidine rings is 2. The quantitative estimate of drug-likeness (QED) is 0.592. The van der Waals surface area contributed by atoms with Crippen molar-refractivity contribution in [3.05, 3.63) is 59.7 Å². The highest BCUT2D eigenvalue weighted by Gasteiger charge is 2.29. The number of methoxy groups -OCH3 is 1. The van der Waals surface area contributed by atoms with E-state index >= 15 is 0 Å². The lowest BCUT2D eigenvalue weighted by molar-refractivity contribution is 0.0924. The van der Waals surface area contributed by atoms with E-state index in [4.69, 9.17) is 4.74 Å². The van der Waals surface area contributed by atoms with Gasteiger partial charge in [-0.25, -0.2) is 8.42 Å². The Morgan fingerprint density at radius 3 is 2.49 bits per heavy atom. The van der Waals surface area contributed by atoms with E-state index in [0.29, 0.717) is 31.1 Å². The van der Waals surface area contributed by atoms with Gasteiger partial charge in [0.1, 0.15) is 5.75 Å². The first kappa shape index (κ1) is 25.7. The number of likely N-dealkylation sites (tertiary alicyclic amines) is 1. The standard InChI is InChI=1S/C27H37N3O4S/c1-21-8-7-17-30(20-21)35(32,33)25-10-6-9-23(18-25)27(31)28-19-26(29-15-4-3-5-16-29)22-11-13-24(34-2)14-12-22/h6,9-14,18,21,26H,3-5,7-8,15-17,19-20H2,1-2H3,(H,28,31)/t21-,26+/m1/s1. The van der Waals surface area contributed by atoms with Crippen LogP contribution in [0.3, 0.4) is 0 Å². The molecule has 2 fully saturated rings. The van der Waals surface area contributed by atoms with Crippen LogP contribution in [0.5, 0.6) is 5.75 Å². The van der Waals surface area contributed by atoms with Crippen LogP contribution in [0.15, 0.2) is 53.4 Å². The minimum atomic E-state index is -3.62. The molecule has 0 aromatic heterocycles. The monoisotopic (exact) mass is 499 g/mol. The number of benzene rings is 2. The maximum absolute atomic E-state index is 13.2. The van der Waals surface area contributed by atoms with Crippen molar-refractivity contribution in [1.82, 2.24) is 14.5 Å². The van der Waals surface area contributed by atoms with Gasteiger partial charge in [0.25, 0.3) is 5.91 Å². The van der Waals surface area contributed by atoms with E-state index in [2.05, 4.69) is 29.3 Å². The zero-order chi connectivity index (χ0) is 24.8. The van der Waals surface area contributed by atoms with Crippen LogP contribution in [0.1, 0.15) is 61.0 Å². The third-order valence-corrected chi connectivity index (χ3v) is 9.00. The van der Waals surface area contributed by atoms with Crippen molar-refractivity contribution in [3.63, 3.8) is 0 Å². The summed E-state index contributed by atoms with van der Waals surface area (Å²) in [5.74, 6) is 0.885. The van der Waals surface area contributed by atoms with Crippen LogP contribution in [-0.2, 0) is 10.0 Å². The van der Waals surface area contributed by atoms with Crippen LogP contribution in [0.25, 0.3) is 0 Å². The number of nitrogens with zero attached hydrogens (tertiary/aromatic N) is 2. The van der Waals surface area contributed by atoms with Gasteiger partial charge in [0.15, 0.2) is 0 Å². The molecule has 0 spiro atoms. The lowest BCUT2D eigenvalue weighted by Crippen LogP contribution is -2.40. The molecule has 2 atom stereocenters. The minimum Gasteiger partial charge on any atom is -0.497 e. The average molecular weight is 500 g/mol. The van der Waals surface area contributed by atoms with Crippen LogP contribution < -0.4 is 10.1 Å². The van der Waals surface area contributed by atoms with Crippen LogP contribution in [0, 0.1) is 5.92 Å². The summed E-state index contributed by atoms with van der Waals surface area (Å²) in [5, 5.41) is 3.07. The molecular formula is C27H37N3O4S. The first-order valence-corrected chi connectivity index (χ1v) is 14.1. The Morgan fingerprint density at radius 1 is 1.06 bits per heavy atom. The molecule has 0 aliphatic carbocycles. The predicted molar refractivity (Wildman–Crippen MR) is 137 cm³/mol. The molecule has 8 heteroatoms. The smallest absolute Gasteiger partial charge is 0.251 e. The van der Waals surface area contributed by atoms with Crippen molar-refractivity contribution in [3.8, 4) is 5.75 Å². The molecule has 2 aromatic carbocycles. The Bertz CT molecular complexity index is 1100. The Labute approximate surface area is 209 Å². The first-order valence-electron chi connectivity index (χ1n) is 12.6. The third-order valence-electron chi connectivity index (χ3n) is 7.14. The van der Waals surface area contributed by atoms with Crippen LogP contribution >= 0.6 is 0 Å². The van der Waals surface area contributed by atoms with E-state index < -0.39 is 10.0 Å². The fraction of sp³-hybridized carbons (Fsp3) is 0.519. The summed E-state index contributed by atoms with van der Waals surface area (Å²) in [7, 11) is -1.97. The Morgan fingerprint density at radius 2 is 1.80 bits per heavy atom. The van der Waals surface area contributed by atoms with Gasteiger partial charge in [-0.15, -0.1) is 0 Å². The Balaban J connectivity index is 1.48. The summed E-state index contributed by atoms with van der Waals surface area (Å²) in [6, 6.07) is 14.5. The fourth-order valence-electron chi connectivity index (χ4n) is 5.12. The molecule has 0 bridgehead atoms. The van der Waals surface area contributed by atoms with E-state index in [-0.39, 0.29) is 16.8 Å². The van der Waals surface area contributed by atoms with Gasteiger partial charge in [-0.1, -0.05) is 31.5 Å². The van der Waals surface area contributed by atoms with Crippen molar-refractivity contribution >= 4 is 15.9 Å². The van der Waals surface area contributed by atoms with Crippen molar-refractivity contribution in [1.29, 1.82) is 0 Å². The average Bonchev–Trinajstić information content (AvgIpc) is 2.89. The van der Waals surface area contributed by atoms with Crippen molar-refractivity contribution < 1.29 is 17.9 Å². The minimum absolute atomic E-state index is 0.0481. The zero-order valence-corrected chi connectivity index (χ0v) is 21.6. The summed E-state index contributed by atoms with van der Waals surface area (Å²) in [4.78, 5) is 15.7. The molecule has 2 aliphatic rings. The molecule has 0 radical (unpaired) electrons. The van der Waals surface area contributed by atoms with E-state index in [1.807, 2.05) is 12.1 Å². The van der Waals surface area contributed by atoms with Crippen molar-refractivity contribution in [2.45, 2.75) is 50.0 Å². The fourth-order valence-corrected chi connectivity index (χ4v) is 6.76. The third kappa shape index (κ3) is 6.23. The molecule has 1 N–H and O–H groups in total. The molecule has 2 aromatic rings. The molecule has 35 heavy (non-hydrogen) atoms. The summed E-state index contributed by atoms with van der Waals surface area (Å²) in [6.07, 6.45) is 5.44. The molecule has 190 valence electrons. The molecule has 4 rings (SSSR count). The van der Waals surface area contributed by atoms with Crippen LogP contribution in [0.4, 0.5) is 0 Å². The van der Waals surface area contributed by atoms with Crippen LogP contribution in [0.2, 0.25) is 0 Å². The molecule has 7 nitrogen and oxygen atoms in total. The Kier molecular flexibility index (Phi) is 8.46. The summed E-state index contributed by atoms with van der Waals surface area (Å²) >= 11 is 0. The zero-order valence-electron chi connectivity index (χ0n) is 20.8. The normalized spacial score (nSPS) is 20.8. The molecule has 2 heterocycles. The number of rotatable bonds is 8. The van der Waals surface area contributed by atoms with Gasteiger partial charge in [-0.2, -0.15) is 4.31 Å². The number of hydrogen-bond acceptors (Lipinski definition) is 5. The molecule has 1 amide bonds. The van der Waals surface area contributed by atoms with Crippen molar-refractivity contribution in [2.75, 3.05) is 39.8 Å². The van der Waals surface area contributed by atoms with Gasteiger partial charge in [0.05, 0.1) is 18.0 Å². The SMILES string of the molecule is COc1ccc([C@H](CNC(=O)c2cccc(S(=O)(=O)N3CCC[C@@H](C)C3)c2)N2CCCCC2)cc1. The van der Waals surface area contributed by atoms with Crippen LogP contribution in [-0.4, -0.2) is 63.4 Å². The number of hydrogen-bond donors (Lipinski definition) is 1.